The number of benzene rings is 2. The van der Waals surface area contributed by atoms with Gasteiger partial charge >= 0.3 is 0 Å². The van der Waals surface area contributed by atoms with Gasteiger partial charge < -0.3 is 5.32 Å². The van der Waals surface area contributed by atoms with Gasteiger partial charge in [0.05, 0.1) is 0 Å². The van der Waals surface area contributed by atoms with Crippen molar-refractivity contribution >= 4 is 11.6 Å². The normalized spacial score (nSPS) is 14.2. The fourth-order valence-corrected chi connectivity index (χ4v) is 2.78. The molecule has 0 amide bonds. The Morgan fingerprint density at radius 1 is 1.16 bits per heavy atom. The molecule has 1 aliphatic rings. The van der Waals surface area contributed by atoms with E-state index in [1.165, 1.54) is 17.2 Å². The van der Waals surface area contributed by atoms with E-state index in [9.17, 15) is 4.39 Å². The van der Waals surface area contributed by atoms with E-state index in [0.29, 0.717) is 17.0 Å². The summed E-state index contributed by atoms with van der Waals surface area (Å²) in [5.41, 5.74) is 4.41. The Balaban J connectivity index is 1.91. The molecule has 0 radical (unpaired) electrons. The predicted octanol–water partition coefficient (Wildman–Crippen LogP) is 3.72. The molecule has 1 nitrogen and oxygen atoms in total. The van der Waals surface area contributed by atoms with E-state index in [1.807, 2.05) is 0 Å². The second kappa shape index (κ2) is 5.32. The van der Waals surface area contributed by atoms with Crippen LogP contribution in [-0.4, -0.2) is 6.54 Å². The highest BCUT2D eigenvalue weighted by Crippen LogP contribution is 2.24. The third-order valence-corrected chi connectivity index (χ3v) is 3.95. The average molecular weight is 276 g/mol. The van der Waals surface area contributed by atoms with E-state index >= 15 is 0 Å². The minimum Gasteiger partial charge on any atom is -0.312 e. The highest BCUT2D eigenvalue weighted by molar-refractivity contribution is 6.31. The molecule has 98 valence electrons. The molecule has 3 heteroatoms. The Morgan fingerprint density at radius 3 is 2.89 bits per heavy atom. The quantitative estimate of drug-likeness (QED) is 0.881. The second-order valence-electron chi connectivity index (χ2n) is 4.91. The lowest BCUT2D eigenvalue weighted by molar-refractivity contribution is 0.613. The highest BCUT2D eigenvalue weighted by Gasteiger charge is 2.11. The zero-order valence-electron chi connectivity index (χ0n) is 10.5. The van der Waals surface area contributed by atoms with Gasteiger partial charge in [0.15, 0.2) is 0 Å². The summed E-state index contributed by atoms with van der Waals surface area (Å²) in [4.78, 5) is 0. The standard InChI is InChI=1S/C16H15ClFN/c17-15-2-1-3-16(18)14(15)9-11-4-5-13-10-19-7-6-12(13)8-11/h1-5,8,19H,6-7,9-10H2. The molecule has 1 N–H and O–H groups in total. The van der Waals surface area contributed by atoms with Crippen LogP contribution < -0.4 is 5.32 Å². The monoisotopic (exact) mass is 275 g/mol. The van der Waals surface area contributed by atoms with Gasteiger partial charge in [-0.15, -0.1) is 0 Å². The Bertz CT molecular complexity index is 589. The molecule has 2 aromatic carbocycles. The first-order valence-electron chi connectivity index (χ1n) is 6.48. The molecule has 0 fully saturated rings. The van der Waals surface area contributed by atoms with E-state index in [1.54, 1.807) is 12.1 Å². The van der Waals surface area contributed by atoms with Crippen molar-refractivity contribution in [1.29, 1.82) is 0 Å². The molecule has 0 unspecified atom stereocenters. The van der Waals surface area contributed by atoms with Crippen molar-refractivity contribution in [2.75, 3.05) is 6.54 Å². The third-order valence-electron chi connectivity index (χ3n) is 3.60. The summed E-state index contributed by atoms with van der Waals surface area (Å²) < 4.78 is 13.8. The molecule has 0 saturated carbocycles. The van der Waals surface area contributed by atoms with Gasteiger partial charge in [0.1, 0.15) is 5.82 Å². The molecule has 0 saturated heterocycles. The SMILES string of the molecule is Fc1cccc(Cl)c1Cc1ccc2c(c1)CCNC2. The number of nitrogens with one attached hydrogen (secondary N) is 1. The van der Waals surface area contributed by atoms with Crippen molar-refractivity contribution in [2.45, 2.75) is 19.4 Å². The van der Waals surface area contributed by atoms with Gasteiger partial charge in [-0.2, -0.15) is 0 Å². The molecule has 0 spiro atoms. The Hall–Kier alpha value is -1.38. The molecule has 3 rings (SSSR count). The molecule has 0 aliphatic carbocycles. The Labute approximate surface area is 117 Å². The van der Waals surface area contributed by atoms with E-state index < -0.39 is 0 Å². The van der Waals surface area contributed by atoms with Crippen molar-refractivity contribution in [1.82, 2.24) is 5.32 Å². The predicted molar refractivity (Wildman–Crippen MR) is 76.1 cm³/mol. The van der Waals surface area contributed by atoms with Crippen molar-refractivity contribution in [3.8, 4) is 0 Å². The number of halogens is 2. The van der Waals surface area contributed by atoms with Gasteiger partial charge in [0, 0.05) is 23.6 Å². The van der Waals surface area contributed by atoms with Crippen LogP contribution in [0.2, 0.25) is 5.02 Å². The van der Waals surface area contributed by atoms with E-state index in [2.05, 4.69) is 23.5 Å². The van der Waals surface area contributed by atoms with Crippen LogP contribution in [0.4, 0.5) is 4.39 Å². The van der Waals surface area contributed by atoms with Gasteiger partial charge in [-0.1, -0.05) is 35.9 Å². The van der Waals surface area contributed by atoms with Gasteiger partial charge in [0.2, 0.25) is 0 Å². The maximum Gasteiger partial charge on any atom is 0.128 e. The first-order chi connectivity index (χ1) is 9.24. The van der Waals surface area contributed by atoms with Gasteiger partial charge in [-0.3, -0.25) is 0 Å². The summed E-state index contributed by atoms with van der Waals surface area (Å²) in [5.74, 6) is -0.230. The summed E-state index contributed by atoms with van der Waals surface area (Å²) in [6.45, 7) is 1.94. The number of fused-ring (bicyclic) bond motifs is 1. The Morgan fingerprint density at radius 2 is 2.05 bits per heavy atom. The maximum absolute atomic E-state index is 13.8. The molecule has 19 heavy (non-hydrogen) atoms. The summed E-state index contributed by atoms with van der Waals surface area (Å²) in [6, 6.07) is 11.2. The number of hydrogen-bond acceptors (Lipinski definition) is 1. The zero-order valence-corrected chi connectivity index (χ0v) is 11.3. The molecule has 0 aromatic heterocycles. The summed E-state index contributed by atoms with van der Waals surface area (Å²) >= 11 is 6.07. The zero-order chi connectivity index (χ0) is 13.2. The van der Waals surface area contributed by atoms with E-state index in [-0.39, 0.29) is 5.82 Å². The van der Waals surface area contributed by atoms with Crippen LogP contribution in [0.3, 0.4) is 0 Å². The molecule has 0 atom stereocenters. The molecular formula is C16H15ClFN. The number of rotatable bonds is 2. The van der Waals surface area contributed by atoms with Gasteiger partial charge in [0.25, 0.3) is 0 Å². The van der Waals surface area contributed by atoms with Crippen LogP contribution in [0, 0.1) is 5.82 Å². The highest BCUT2D eigenvalue weighted by atomic mass is 35.5. The molecule has 1 heterocycles. The van der Waals surface area contributed by atoms with Crippen LogP contribution in [0.1, 0.15) is 22.3 Å². The first-order valence-corrected chi connectivity index (χ1v) is 6.86. The van der Waals surface area contributed by atoms with Crippen LogP contribution >= 0.6 is 11.6 Å². The van der Waals surface area contributed by atoms with Crippen LogP contribution in [0.5, 0.6) is 0 Å². The molecule has 2 aromatic rings. The molecule has 1 aliphatic heterocycles. The van der Waals surface area contributed by atoms with Crippen molar-refractivity contribution < 1.29 is 4.39 Å². The largest absolute Gasteiger partial charge is 0.312 e. The van der Waals surface area contributed by atoms with Crippen LogP contribution in [0.25, 0.3) is 0 Å². The first kappa shape index (κ1) is 12.6. The fraction of sp³-hybridized carbons (Fsp3) is 0.250. The summed E-state index contributed by atoms with van der Waals surface area (Å²) in [6.07, 6.45) is 1.58. The van der Waals surface area contributed by atoms with Crippen LogP contribution in [0.15, 0.2) is 36.4 Å². The second-order valence-corrected chi connectivity index (χ2v) is 5.31. The lowest BCUT2D eigenvalue weighted by Crippen LogP contribution is -2.23. The van der Waals surface area contributed by atoms with Crippen molar-refractivity contribution in [2.24, 2.45) is 0 Å². The van der Waals surface area contributed by atoms with Crippen molar-refractivity contribution in [3.05, 3.63) is 69.5 Å². The minimum atomic E-state index is -0.230. The number of hydrogen-bond donors (Lipinski definition) is 1. The smallest absolute Gasteiger partial charge is 0.128 e. The van der Waals surface area contributed by atoms with Crippen LogP contribution in [-0.2, 0) is 19.4 Å². The third kappa shape index (κ3) is 2.65. The fourth-order valence-electron chi connectivity index (χ4n) is 2.55. The van der Waals surface area contributed by atoms with E-state index in [4.69, 9.17) is 11.6 Å². The summed E-state index contributed by atoms with van der Waals surface area (Å²) in [7, 11) is 0. The Kier molecular flexibility index (Phi) is 3.54. The van der Waals surface area contributed by atoms with E-state index in [0.717, 1.165) is 25.1 Å². The topological polar surface area (TPSA) is 12.0 Å². The molecular weight excluding hydrogens is 261 g/mol. The average Bonchev–Trinajstić information content (AvgIpc) is 2.43. The lowest BCUT2D eigenvalue weighted by Gasteiger charge is -2.18. The van der Waals surface area contributed by atoms with Gasteiger partial charge in [-0.05, 0) is 41.8 Å². The maximum atomic E-state index is 13.8. The van der Waals surface area contributed by atoms with Crippen molar-refractivity contribution in [3.63, 3.8) is 0 Å². The minimum absolute atomic E-state index is 0.230. The molecule has 0 bridgehead atoms. The lowest BCUT2D eigenvalue weighted by atomic mass is 9.95. The summed E-state index contributed by atoms with van der Waals surface area (Å²) in [5, 5.41) is 3.85. The van der Waals surface area contributed by atoms with Gasteiger partial charge in [-0.25, -0.2) is 4.39 Å².